The van der Waals surface area contributed by atoms with Crippen molar-refractivity contribution in [2.24, 2.45) is 0 Å². The van der Waals surface area contributed by atoms with Gasteiger partial charge in [-0.1, -0.05) is 0 Å². The second kappa shape index (κ2) is 6.43. The van der Waals surface area contributed by atoms with E-state index in [2.05, 4.69) is 5.32 Å². The zero-order valence-corrected chi connectivity index (χ0v) is 13.1. The van der Waals surface area contributed by atoms with E-state index in [-0.39, 0.29) is 22.6 Å². The largest absolute Gasteiger partial charge is 0.496 e. The van der Waals surface area contributed by atoms with Crippen LogP contribution in [-0.2, 0) is 13.0 Å². The summed E-state index contributed by atoms with van der Waals surface area (Å²) in [6.45, 7) is 0.531. The number of hydrogen-bond acceptors (Lipinski definition) is 3. The van der Waals surface area contributed by atoms with Gasteiger partial charge in [-0.3, -0.25) is 9.59 Å². The highest BCUT2D eigenvalue weighted by molar-refractivity contribution is 6.07. The Hall–Kier alpha value is -2.70. The second-order valence-electron chi connectivity index (χ2n) is 5.56. The number of anilines is 1. The Kier molecular flexibility index (Phi) is 4.33. The van der Waals surface area contributed by atoms with Crippen molar-refractivity contribution in [1.29, 1.82) is 0 Å². The minimum Gasteiger partial charge on any atom is -0.496 e. The molecule has 24 heavy (non-hydrogen) atoms. The molecule has 0 bridgehead atoms. The molecule has 0 radical (unpaired) electrons. The van der Waals surface area contributed by atoms with Gasteiger partial charge >= 0.3 is 0 Å². The lowest BCUT2D eigenvalue weighted by Gasteiger charge is -2.22. The van der Waals surface area contributed by atoms with Crippen LogP contribution in [0.3, 0.4) is 0 Å². The third-order valence-electron chi connectivity index (χ3n) is 4.05. The van der Waals surface area contributed by atoms with Gasteiger partial charge in [0.2, 0.25) is 0 Å². The number of benzene rings is 1. The third kappa shape index (κ3) is 2.89. The fourth-order valence-corrected chi connectivity index (χ4v) is 2.92. The van der Waals surface area contributed by atoms with Crippen LogP contribution in [0.4, 0.5) is 14.5 Å². The maximum atomic E-state index is 13.8. The van der Waals surface area contributed by atoms with Crippen molar-refractivity contribution >= 4 is 11.6 Å². The Morgan fingerprint density at radius 2 is 2.04 bits per heavy atom. The Morgan fingerprint density at radius 3 is 2.75 bits per heavy atom. The van der Waals surface area contributed by atoms with Crippen LogP contribution in [0.1, 0.15) is 28.9 Å². The molecule has 126 valence electrons. The van der Waals surface area contributed by atoms with Gasteiger partial charge in [-0.2, -0.15) is 0 Å². The fourth-order valence-electron chi connectivity index (χ4n) is 2.92. The van der Waals surface area contributed by atoms with E-state index in [0.29, 0.717) is 24.7 Å². The van der Waals surface area contributed by atoms with Crippen molar-refractivity contribution < 1.29 is 18.3 Å². The first-order chi connectivity index (χ1) is 11.5. The minimum absolute atomic E-state index is 0.135. The van der Waals surface area contributed by atoms with Crippen molar-refractivity contribution in [3.8, 4) is 5.75 Å². The van der Waals surface area contributed by atoms with Gasteiger partial charge in [0.05, 0.1) is 12.8 Å². The van der Waals surface area contributed by atoms with Crippen molar-refractivity contribution in [2.45, 2.75) is 25.8 Å². The van der Waals surface area contributed by atoms with Gasteiger partial charge in [-0.15, -0.1) is 0 Å². The van der Waals surface area contributed by atoms with E-state index in [1.807, 2.05) is 0 Å². The molecule has 2 heterocycles. The summed E-state index contributed by atoms with van der Waals surface area (Å²) in [5.74, 6) is -2.05. The molecule has 1 aromatic heterocycles. The number of fused-ring (bicyclic) bond motifs is 1. The molecule has 0 fully saturated rings. The summed E-state index contributed by atoms with van der Waals surface area (Å²) < 4.78 is 33.5. The molecule has 0 aliphatic carbocycles. The highest BCUT2D eigenvalue weighted by atomic mass is 19.1. The number of halogens is 2. The average molecular weight is 334 g/mol. The molecule has 1 amide bonds. The molecular weight excluding hydrogens is 318 g/mol. The van der Waals surface area contributed by atoms with Crippen molar-refractivity contribution in [3.05, 3.63) is 57.5 Å². The molecule has 1 N–H and O–H groups in total. The predicted octanol–water partition coefficient (Wildman–Crippen LogP) is 2.72. The summed E-state index contributed by atoms with van der Waals surface area (Å²) in [7, 11) is 1.36. The molecule has 5 nitrogen and oxygen atoms in total. The number of pyridine rings is 1. The quantitative estimate of drug-likeness (QED) is 0.939. The van der Waals surface area contributed by atoms with Crippen molar-refractivity contribution in [3.63, 3.8) is 0 Å². The molecule has 0 atom stereocenters. The maximum absolute atomic E-state index is 13.8. The second-order valence-corrected chi connectivity index (χ2v) is 5.56. The number of ether oxygens (including phenoxy) is 1. The van der Waals surface area contributed by atoms with Crippen LogP contribution in [0, 0.1) is 11.6 Å². The molecule has 1 aromatic carbocycles. The van der Waals surface area contributed by atoms with Crippen LogP contribution in [0.2, 0.25) is 0 Å². The fraction of sp³-hybridized carbons (Fsp3) is 0.294. The summed E-state index contributed by atoms with van der Waals surface area (Å²) in [5, 5.41) is 2.42. The molecule has 2 aromatic rings. The van der Waals surface area contributed by atoms with Gasteiger partial charge in [0.1, 0.15) is 22.9 Å². The molecule has 3 rings (SSSR count). The molecule has 1 aliphatic rings. The summed E-state index contributed by atoms with van der Waals surface area (Å²) >= 11 is 0. The number of carbonyl (C=O) groups is 1. The van der Waals surface area contributed by atoms with Gasteiger partial charge in [0.15, 0.2) is 0 Å². The molecule has 0 unspecified atom stereocenters. The molecule has 7 heteroatoms. The van der Waals surface area contributed by atoms with Crippen LogP contribution < -0.4 is 15.6 Å². The Morgan fingerprint density at radius 1 is 1.25 bits per heavy atom. The lowest BCUT2D eigenvalue weighted by Crippen LogP contribution is -2.30. The van der Waals surface area contributed by atoms with E-state index in [9.17, 15) is 18.4 Å². The highest BCUT2D eigenvalue weighted by Gasteiger charge is 2.24. The molecular formula is C17H16F2N2O3. The van der Waals surface area contributed by atoms with Crippen LogP contribution in [0.15, 0.2) is 29.1 Å². The number of carbonyl (C=O) groups excluding carboxylic acids is 1. The molecule has 0 saturated heterocycles. The summed E-state index contributed by atoms with van der Waals surface area (Å²) in [6.07, 6.45) is 2.26. The number of methoxy groups -OCH3 is 1. The summed E-state index contributed by atoms with van der Waals surface area (Å²) in [5.41, 5.74) is 0.418. The van der Waals surface area contributed by atoms with Gasteiger partial charge in [-0.25, -0.2) is 8.78 Å². The maximum Gasteiger partial charge on any atom is 0.261 e. The van der Waals surface area contributed by atoms with Gasteiger partial charge in [0, 0.05) is 24.4 Å². The number of nitrogens with one attached hydrogen (secondary N) is 1. The molecule has 0 spiro atoms. The van der Waals surface area contributed by atoms with E-state index < -0.39 is 17.5 Å². The number of nitrogens with zero attached hydrogens (tertiary/aromatic N) is 1. The molecule has 1 aliphatic heterocycles. The van der Waals surface area contributed by atoms with E-state index in [0.717, 1.165) is 25.0 Å². The van der Waals surface area contributed by atoms with Crippen LogP contribution in [-0.4, -0.2) is 17.6 Å². The Labute approximate surface area is 136 Å². The first-order valence-corrected chi connectivity index (χ1v) is 7.58. The smallest absolute Gasteiger partial charge is 0.261 e. The predicted molar refractivity (Wildman–Crippen MR) is 84.5 cm³/mol. The number of amides is 1. The van der Waals surface area contributed by atoms with Gasteiger partial charge in [-0.05, 0) is 31.4 Å². The van der Waals surface area contributed by atoms with Gasteiger partial charge < -0.3 is 14.6 Å². The van der Waals surface area contributed by atoms with Crippen LogP contribution in [0.25, 0.3) is 0 Å². The van der Waals surface area contributed by atoms with E-state index in [1.54, 1.807) is 4.57 Å². The monoisotopic (exact) mass is 334 g/mol. The Bertz CT molecular complexity index is 862. The van der Waals surface area contributed by atoms with Crippen LogP contribution >= 0.6 is 0 Å². The zero-order valence-electron chi connectivity index (χ0n) is 13.1. The van der Waals surface area contributed by atoms with E-state index in [1.165, 1.54) is 13.2 Å². The van der Waals surface area contributed by atoms with Gasteiger partial charge in [0.25, 0.3) is 11.5 Å². The first kappa shape index (κ1) is 16.2. The normalized spacial score (nSPS) is 13.3. The minimum atomic E-state index is -0.871. The summed E-state index contributed by atoms with van der Waals surface area (Å²) in [4.78, 5) is 24.8. The standard InChI is InChI=1S/C17H16F2N2O3/c1-24-14-9-15(22)21-7-3-2-4-13(21)16(14)17(23)20-12-6-5-10(18)8-11(12)19/h5-6,8-9H,2-4,7H2,1H3,(H,20,23). The first-order valence-electron chi connectivity index (χ1n) is 7.58. The van der Waals surface area contributed by atoms with Crippen LogP contribution in [0.5, 0.6) is 5.75 Å². The van der Waals surface area contributed by atoms with E-state index >= 15 is 0 Å². The van der Waals surface area contributed by atoms with Crippen molar-refractivity contribution in [2.75, 3.05) is 12.4 Å². The Balaban J connectivity index is 2.04. The lowest BCUT2D eigenvalue weighted by molar-refractivity contribution is 0.102. The average Bonchev–Trinajstić information content (AvgIpc) is 2.57. The lowest BCUT2D eigenvalue weighted by atomic mass is 10.0. The number of hydrogen-bond donors (Lipinski definition) is 1. The summed E-state index contributed by atoms with van der Waals surface area (Å²) in [6, 6.07) is 4.15. The zero-order chi connectivity index (χ0) is 17.3. The molecule has 0 saturated carbocycles. The number of rotatable bonds is 3. The third-order valence-corrected chi connectivity index (χ3v) is 4.05. The topological polar surface area (TPSA) is 60.3 Å². The number of aromatic nitrogens is 1. The van der Waals surface area contributed by atoms with Crippen molar-refractivity contribution in [1.82, 2.24) is 4.57 Å². The SMILES string of the molecule is COc1cc(=O)n2c(c1C(=O)Nc1ccc(F)cc1F)CCCC2. The highest BCUT2D eigenvalue weighted by Crippen LogP contribution is 2.26. The van der Waals surface area contributed by atoms with E-state index in [4.69, 9.17) is 4.74 Å².